The molecule has 1 aliphatic rings. The molecule has 0 aliphatic carbocycles. The van der Waals surface area contributed by atoms with Gasteiger partial charge in [0.1, 0.15) is 5.82 Å². The predicted molar refractivity (Wildman–Crippen MR) is 121 cm³/mol. The van der Waals surface area contributed by atoms with E-state index < -0.39 is 17.3 Å². The molecule has 0 spiro atoms. The Morgan fingerprint density at radius 3 is 2.34 bits per heavy atom. The number of halogens is 1. The summed E-state index contributed by atoms with van der Waals surface area (Å²) in [5, 5.41) is 9.94. The Kier molecular flexibility index (Phi) is 7.44. The highest BCUT2D eigenvalue weighted by molar-refractivity contribution is 5.71. The first-order chi connectivity index (χ1) is 15.1. The zero-order chi connectivity index (χ0) is 23.5. The smallest absolute Gasteiger partial charge is 0.307 e. The van der Waals surface area contributed by atoms with E-state index in [0.29, 0.717) is 24.5 Å². The Morgan fingerprint density at radius 1 is 1.12 bits per heavy atom. The number of carbonyl (C=O) groups is 1. The Balaban J connectivity index is 1.91. The lowest BCUT2D eigenvalue weighted by atomic mass is 9.71. The summed E-state index contributed by atoms with van der Waals surface area (Å²) in [5.74, 6) is -0.200. The molecule has 2 aromatic carbocycles. The molecule has 0 saturated carbocycles. The van der Waals surface area contributed by atoms with Crippen LogP contribution in [0.25, 0.3) is 0 Å². The van der Waals surface area contributed by atoms with Crippen LogP contribution in [0.15, 0.2) is 42.5 Å². The number of ether oxygens (including phenoxy) is 3. The number of hydrogen-bond acceptors (Lipinski definition) is 4. The van der Waals surface area contributed by atoms with E-state index >= 15 is 0 Å². The van der Waals surface area contributed by atoms with Crippen LogP contribution in [0.2, 0.25) is 0 Å². The first-order valence-electron chi connectivity index (χ1n) is 10.9. The molecule has 0 amide bonds. The normalized spacial score (nSPS) is 21.9. The van der Waals surface area contributed by atoms with Gasteiger partial charge >= 0.3 is 5.97 Å². The Bertz CT molecular complexity index is 919. The van der Waals surface area contributed by atoms with Crippen molar-refractivity contribution in [1.29, 1.82) is 0 Å². The van der Waals surface area contributed by atoms with Crippen LogP contribution >= 0.6 is 0 Å². The number of rotatable bonds is 8. The lowest BCUT2D eigenvalue weighted by molar-refractivity contribution is -0.146. The summed E-state index contributed by atoms with van der Waals surface area (Å²) in [6, 6.07) is 12.2. The fraction of sp³-hybridized carbons (Fsp3) is 0.500. The summed E-state index contributed by atoms with van der Waals surface area (Å²) in [6.07, 6.45) is 0.933. The maximum absolute atomic E-state index is 13.5. The van der Waals surface area contributed by atoms with E-state index in [0.717, 1.165) is 17.5 Å². The van der Waals surface area contributed by atoms with Gasteiger partial charge in [-0.15, -0.1) is 0 Å². The van der Waals surface area contributed by atoms with Crippen LogP contribution in [0.1, 0.15) is 44.4 Å². The predicted octanol–water partition coefficient (Wildman–Crippen LogP) is 5.53. The molecule has 2 aromatic rings. The number of methoxy groups -OCH3 is 2. The van der Waals surface area contributed by atoms with Gasteiger partial charge < -0.3 is 19.3 Å². The van der Waals surface area contributed by atoms with Crippen LogP contribution in [0.4, 0.5) is 4.39 Å². The first kappa shape index (κ1) is 24.1. The molecule has 6 heteroatoms. The third-order valence-electron chi connectivity index (χ3n) is 6.48. The van der Waals surface area contributed by atoms with Gasteiger partial charge in [-0.3, -0.25) is 4.79 Å². The number of benzene rings is 2. The quantitative estimate of drug-likeness (QED) is 0.580. The molecule has 1 saturated heterocycles. The van der Waals surface area contributed by atoms with Crippen LogP contribution in [-0.4, -0.2) is 31.9 Å². The van der Waals surface area contributed by atoms with Crippen molar-refractivity contribution in [3.05, 3.63) is 59.4 Å². The lowest BCUT2D eigenvalue weighted by Gasteiger charge is -2.33. The van der Waals surface area contributed by atoms with Gasteiger partial charge in [0.05, 0.1) is 32.8 Å². The monoisotopic (exact) mass is 444 g/mol. The molecule has 0 radical (unpaired) electrons. The number of aliphatic carboxylic acids is 1. The van der Waals surface area contributed by atoms with E-state index in [9.17, 15) is 14.3 Å². The van der Waals surface area contributed by atoms with Crippen LogP contribution in [-0.2, 0) is 16.0 Å². The van der Waals surface area contributed by atoms with Crippen LogP contribution in [0.5, 0.6) is 11.5 Å². The molecule has 1 aliphatic heterocycles. The van der Waals surface area contributed by atoms with E-state index in [4.69, 9.17) is 14.2 Å². The molecule has 3 rings (SSSR count). The molecule has 5 nitrogen and oxygen atoms in total. The minimum Gasteiger partial charge on any atom is -0.493 e. The summed E-state index contributed by atoms with van der Waals surface area (Å²) in [7, 11) is 3.21. The van der Waals surface area contributed by atoms with Gasteiger partial charge in [-0.05, 0) is 65.5 Å². The second kappa shape index (κ2) is 9.90. The van der Waals surface area contributed by atoms with E-state index in [-0.39, 0.29) is 23.8 Å². The number of hydrogen-bond donors (Lipinski definition) is 1. The van der Waals surface area contributed by atoms with Crippen molar-refractivity contribution in [2.45, 2.75) is 39.7 Å². The van der Waals surface area contributed by atoms with Crippen molar-refractivity contribution < 1.29 is 28.5 Å². The lowest BCUT2D eigenvalue weighted by Crippen LogP contribution is -2.33. The third kappa shape index (κ3) is 5.41. The van der Waals surface area contributed by atoms with Gasteiger partial charge in [0.2, 0.25) is 0 Å². The minimum absolute atomic E-state index is 0.0196. The Hall–Kier alpha value is -2.60. The van der Waals surface area contributed by atoms with Gasteiger partial charge in [0.25, 0.3) is 0 Å². The SMILES string of the molecule is COc1ccc(C[C@H]2CO[C@H](c3ccc(F)cc3)[C@@H]2CC(C(=O)O)C(C)(C)C)cc1OC. The van der Waals surface area contributed by atoms with Crippen LogP contribution in [0.3, 0.4) is 0 Å². The average molecular weight is 445 g/mol. The fourth-order valence-electron chi connectivity index (χ4n) is 4.65. The highest BCUT2D eigenvalue weighted by Crippen LogP contribution is 2.46. The molecule has 4 atom stereocenters. The second-order valence-electron chi connectivity index (χ2n) is 9.62. The molecular weight excluding hydrogens is 411 g/mol. The second-order valence-corrected chi connectivity index (χ2v) is 9.62. The van der Waals surface area contributed by atoms with Gasteiger partial charge in [-0.1, -0.05) is 39.0 Å². The van der Waals surface area contributed by atoms with E-state index in [2.05, 4.69) is 0 Å². The Morgan fingerprint density at radius 2 is 1.78 bits per heavy atom. The summed E-state index contributed by atoms with van der Waals surface area (Å²) in [6.45, 7) is 6.38. The van der Waals surface area contributed by atoms with Gasteiger partial charge in [-0.2, -0.15) is 0 Å². The molecule has 1 heterocycles. The van der Waals surface area contributed by atoms with Gasteiger partial charge in [0.15, 0.2) is 11.5 Å². The summed E-state index contributed by atoms with van der Waals surface area (Å²) < 4.78 is 30.5. The van der Waals surface area contributed by atoms with Gasteiger partial charge in [0, 0.05) is 0 Å². The van der Waals surface area contributed by atoms with Crippen molar-refractivity contribution in [3.63, 3.8) is 0 Å². The summed E-state index contributed by atoms with van der Waals surface area (Å²) in [4.78, 5) is 12.1. The van der Waals surface area contributed by atoms with E-state index in [1.165, 1.54) is 12.1 Å². The summed E-state index contributed by atoms with van der Waals surface area (Å²) >= 11 is 0. The zero-order valence-electron chi connectivity index (χ0n) is 19.4. The topological polar surface area (TPSA) is 65.0 Å². The van der Waals surface area contributed by atoms with Crippen LogP contribution in [0, 0.1) is 29.0 Å². The highest BCUT2D eigenvalue weighted by Gasteiger charge is 2.43. The first-order valence-corrected chi connectivity index (χ1v) is 10.9. The van der Waals surface area contributed by atoms with Crippen molar-refractivity contribution in [1.82, 2.24) is 0 Å². The largest absolute Gasteiger partial charge is 0.493 e. The molecular formula is C26H33FO5. The van der Waals surface area contributed by atoms with Gasteiger partial charge in [-0.25, -0.2) is 4.39 Å². The maximum atomic E-state index is 13.5. The molecule has 1 fully saturated rings. The average Bonchev–Trinajstić information content (AvgIpc) is 3.13. The fourth-order valence-corrected chi connectivity index (χ4v) is 4.65. The Labute approximate surface area is 189 Å². The zero-order valence-corrected chi connectivity index (χ0v) is 19.4. The third-order valence-corrected chi connectivity index (χ3v) is 6.48. The van der Waals surface area contributed by atoms with Crippen molar-refractivity contribution in [3.8, 4) is 11.5 Å². The molecule has 0 aromatic heterocycles. The van der Waals surface area contributed by atoms with Crippen molar-refractivity contribution >= 4 is 5.97 Å². The highest BCUT2D eigenvalue weighted by atomic mass is 19.1. The van der Waals surface area contributed by atoms with Crippen molar-refractivity contribution in [2.24, 2.45) is 23.2 Å². The van der Waals surface area contributed by atoms with Crippen LogP contribution < -0.4 is 9.47 Å². The van der Waals surface area contributed by atoms with E-state index in [1.54, 1.807) is 26.4 Å². The summed E-state index contributed by atoms with van der Waals surface area (Å²) in [5.41, 5.74) is 1.56. The van der Waals surface area contributed by atoms with Crippen molar-refractivity contribution in [2.75, 3.05) is 20.8 Å². The molecule has 174 valence electrons. The molecule has 32 heavy (non-hydrogen) atoms. The minimum atomic E-state index is -0.799. The number of carboxylic acids is 1. The number of carboxylic acid groups (broad SMARTS) is 1. The molecule has 1 unspecified atom stereocenters. The standard InChI is InChI=1S/C26H33FO5/c1-26(2,3)21(25(28)29)14-20-18(12-16-6-11-22(30-4)23(13-16)31-5)15-32-24(20)17-7-9-19(27)10-8-17/h6-11,13,18,20-21,24H,12,14-15H2,1-5H3,(H,28,29)/t18-,20+,21?,24+/m0/s1. The maximum Gasteiger partial charge on any atom is 0.307 e. The molecule has 0 bridgehead atoms. The van der Waals surface area contributed by atoms with E-state index in [1.807, 2.05) is 39.0 Å². The molecule has 1 N–H and O–H groups in total.